The number of methoxy groups -OCH3 is 1. The van der Waals surface area contributed by atoms with Crippen LogP contribution < -0.4 is 0 Å². The first-order valence-electron chi connectivity index (χ1n) is 8.34. The fourth-order valence-electron chi connectivity index (χ4n) is 3.29. The van der Waals surface area contributed by atoms with Crippen LogP contribution in [-0.4, -0.2) is 45.8 Å². The van der Waals surface area contributed by atoms with E-state index in [4.69, 9.17) is 4.74 Å². The zero-order valence-corrected chi connectivity index (χ0v) is 14.5. The van der Waals surface area contributed by atoms with E-state index in [1.54, 1.807) is 13.4 Å². The topological polar surface area (TPSA) is 60.3 Å². The van der Waals surface area contributed by atoms with Gasteiger partial charge < -0.3 is 14.2 Å². The summed E-state index contributed by atoms with van der Waals surface area (Å²) in [5.74, 6) is 0.979. The van der Waals surface area contributed by atoms with Gasteiger partial charge in [-0.2, -0.15) is 0 Å². The SMILES string of the molecule is COCc1nncn1C1CCN(C(=O)c2cc(C)ccc2C)CC1. The Morgan fingerprint density at radius 1 is 1.29 bits per heavy atom. The highest BCUT2D eigenvalue weighted by Gasteiger charge is 2.26. The molecule has 6 nitrogen and oxygen atoms in total. The number of ether oxygens (including phenoxy) is 1. The molecule has 0 bridgehead atoms. The van der Waals surface area contributed by atoms with E-state index in [1.807, 2.05) is 36.9 Å². The Labute approximate surface area is 142 Å². The summed E-state index contributed by atoms with van der Waals surface area (Å²) in [5.41, 5.74) is 2.97. The minimum Gasteiger partial charge on any atom is -0.377 e. The van der Waals surface area contributed by atoms with Crippen LogP contribution in [0.2, 0.25) is 0 Å². The van der Waals surface area contributed by atoms with Crippen molar-refractivity contribution in [1.29, 1.82) is 0 Å². The van der Waals surface area contributed by atoms with E-state index >= 15 is 0 Å². The molecule has 2 heterocycles. The Bertz CT molecular complexity index is 718. The smallest absolute Gasteiger partial charge is 0.254 e. The summed E-state index contributed by atoms with van der Waals surface area (Å²) in [4.78, 5) is 14.8. The summed E-state index contributed by atoms with van der Waals surface area (Å²) in [6.45, 7) is 5.98. The number of piperidine rings is 1. The van der Waals surface area contributed by atoms with Crippen LogP contribution in [0.5, 0.6) is 0 Å². The highest BCUT2D eigenvalue weighted by molar-refractivity contribution is 5.95. The number of carbonyl (C=O) groups is 1. The van der Waals surface area contributed by atoms with Crippen molar-refractivity contribution in [3.8, 4) is 0 Å². The molecule has 6 heteroatoms. The van der Waals surface area contributed by atoms with Crippen molar-refractivity contribution < 1.29 is 9.53 Å². The molecule has 0 radical (unpaired) electrons. The van der Waals surface area contributed by atoms with E-state index in [9.17, 15) is 4.79 Å². The van der Waals surface area contributed by atoms with Gasteiger partial charge in [-0.25, -0.2) is 0 Å². The number of nitrogens with zero attached hydrogens (tertiary/aromatic N) is 4. The van der Waals surface area contributed by atoms with Crippen molar-refractivity contribution in [1.82, 2.24) is 19.7 Å². The normalized spacial score (nSPS) is 15.7. The van der Waals surface area contributed by atoms with Crippen molar-refractivity contribution in [3.63, 3.8) is 0 Å². The molecule has 1 aromatic carbocycles. The van der Waals surface area contributed by atoms with E-state index in [1.165, 1.54) is 0 Å². The Balaban J connectivity index is 1.67. The third kappa shape index (κ3) is 3.33. The van der Waals surface area contributed by atoms with Crippen LogP contribution in [0.25, 0.3) is 0 Å². The van der Waals surface area contributed by atoms with Gasteiger partial charge in [0.2, 0.25) is 0 Å². The zero-order chi connectivity index (χ0) is 17.1. The van der Waals surface area contributed by atoms with Crippen LogP contribution in [-0.2, 0) is 11.3 Å². The van der Waals surface area contributed by atoms with Gasteiger partial charge in [-0.05, 0) is 38.3 Å². The predicted octanol–water partition coefficient (Wildman–Crippen LogP) is 2.52. The van der Waals surface area contributed by atoms with Crippen molar-refractivity contribution >= 4 is 5.91 Å². The largest absolute Gasteiger partial charge is 0.377 e. The first-order valence-corrected chi connectivity index (χ1v) is 8.34. The quantitative estimate of drug-likeness (QED) is 0.865. The fraction of sp³-hybridized carbons (Fsp3) is 0.500. The maximum absolute atomic E-state index is 12.8. The van der Waals surface area contributed by atoms with Crippen molar-refractivity contribution in [3.05, 3.63) is 47.0 Å². The van der Waals surface area contributed by atoms with E-state index in [2.05, 4.69) is 14.8 Å². The van der Waals surface area contributed by atoms with Crippen LogP contribution in [0, 0.1) is 13.8 Å². The molecule has 1 saturated heterocycles. The molecule has 1 fully saturated rings. The van der Waals surface area contributed by atoms with E-state index < -0.39 is 0 Å². The third-order valence-corrected chi connectivity index (χ3v) is 4.69. The maximum Gasteiger partial charge on any atom is 0.254 e. The zero-order valence-electron chi connectivity index (χ0n) is 14.5. The van der Waals surface area contributed by atoms with Gasteiger partial charge in [0.15, 0.2) is 5.82 Å². The number of hydrogen-bond donors (Lipinski definition) is 0. The summed E-state index contributed by atoms with van der Waals surface area (Å²) in [6.07, 6.45) is 3.58. The fourth-order valence-corrected chi connectivity index (χ4v) is 3.29. The molecule has 0 atom stereocenters. The molecule has 1 aliphatic rings. The second-order valence-electron chi connectivity index (χ2n) is 6.43. The molecule has 1 aromatic heterocycles. The van der Waals surface area contributed by atoms with Crippen molar-refractivity contribution in [2.45, 2.75) is 39.3 Å². The highest BCUT2D eigenvalue weighted by atomic mass is 16.5. The van der Waals surface area contributed by atoms with Gasteiger partial charge in [0.25, 0.3) is 5.91 Å². The summed E-state index contributed by atoms with van der Waals surface area (Å²) in [7, 11) is 1.66. The number of aryl methyl sites for hydroxylation is 2. The lowest BCUT2D eigenvalue weighted by molar-refractivity contribution is 0.0689. The molecular formula is C18H24N4O2. The second-order valence-corrected chi connectivity index (χ2v) is 6.43. The molecular weight excluding hydrogens is 304 g/mol. The van der Waals surface area contributed by atoms with Gasteiger partial charge in [-0.3, -0.25) is 4.79 Å². The monoisotopic (exact) mass is 328 g/mol. The standard InChI is InChI=1S/C18H24N4O2/c1-13-4-5-14(2)16(10-13)18(23)21-8-6-15(7-9-21)22-12-19-20-17(22)11-24-3/h4-5,10,12,15H,6-9,11H2,1-3H3. The lowest BCUT2D eigenvalue weighted by Gasteiger charge is -2.33. The van der Waals surface area contributed by atoms with Gasteiger partial charge in [0, 0.05) is 31.8 Å². The molecule has 128 valence electrons. The number of benzene rings is 1. The Morgan fingerprint density at radius 2 is 2.04 bits per heavy atom. The summed E-state index contributed by atoms with van der Waals surface area (Å²) in [6, 6.07) is 6.37. The van der Waals surface area contributed by atoms with Crippen LogP contribution in [0.1, 0.15) is 46.2 Å². The molecule has 1 aliphatic heterocycles. The van der Waals surface area contributed by atoms with E-state index in [0.29, 0.717) is 12.6 Å². The highest BCUT2D eigenvalue weighted by Crippen LogP contribution is 2.25. The van der Waals surface area contributed by atoms with Crippen LogP contribution in [0.15, 0.2) is 24.5 Å². The first kappa shape index (κ1) is 16.6. The first-order chi connectivity index (χ1) is 11.6. The van der Waals surface area contributed by atoms with Gasteiger partial charge >= 0.3 is 0 Å². The molecule has 24 heavy (non-hydrogen) atoms. The Hall–Kier alpha value is -2.21. The van der Waals surface area contributed by atoms with Gasteiger partial charge in [0.05, 0.1) is 0 Å². The van der Waals surface area contributed by atoms with Crippen molar-refractivity contribution in [2.75, 3.05) is 20.2 Å². The number of hydrogen-bond acceptors (Lipinski definition) is 4. The number of amides is 1. The second kappa shape index (κ2) is 7.13. The molecule has 0 aliphatic carbocycles. The molecule has 3 rings (SSSR count). The van der Waals surface area contributed by atoms with E-state index in [-0.39, 0.29) is 5.91 Å². The van der Waals surface area contributed by atoms with Gasteiger partial charge in [0.1, 0.15) is 12.9 Å². The number of rotatable bonds is 4. The minimum atomic E-state index is 0.135. The minimum absolute atomic E-state index is 0.135. The lowest BCUT2D eigenvalue weighted by atomic mass is 10.0. The molecule has 1 amide bonds. The number of likely N-dealkylation sites (tertiary alicyclic amines) is 1. The molecule has 2 aromatic rings. The maximum atomic E-state index is 12.8. The average Bonchev–Trinajstić information content (AvgIpc) is 3.05. The molecule has 0 N–H and O–H groups in total. The third-order valence-electron chi connectivity index (χ3n) is 4.69. The Morgan fingerprint density at radius 3 is 2.75 bits per heavy atom. The predicted molar refractivity (Wildman–Crippen MR) is 90.8 cm³/mol. The van der Waals surface area contributed by atoms with Gasteiger partial charge in [-0.1, -0.05) is 17.7 Å². The molecule has 0 spiro atoms. The van der Waals surface area contributed by atoms with Crippen LogP contribution in [0.4, 0.5) is 0 Å². The summed E-state index contributed by atoms with van der Waals surface area (Å²) in [5, 5.41) is 8.10. The van der Waals surface area contributed by atoms with Crippen molar-refractivity contribution in [2.24, 2.45) is 0 Å². The molecule has 0 saturated carbocycles. The van der Waals surface area contributed by atoms with Crippen LogP contribution in [0.3, 0.4) is 0 Å². The summed E-state index contributed by atoms with van der Waals surface area (Å²) >= 11 is 0. The molecule has 0 unspecified atom stereocenters. The summed E-state index contributed by atoms with van der Waals surface area (Å²) < 4.78 is 7.26. The number of carbonyl (C=O) groups excluding carboxylic acids is 1. The Kier molecular flexibility index (Phi) is 4.94. The average molecular weight is 328 g/mol. The lowest BCUT2D eigenvalue weighted by Crippen LogP contribution is -2.39. The van der Waals surface area contributed by atoms with Gasteiger partial charge in [-0.15, -0.1) is 10.2 Å². The number of aromatic nitrogens is 3. The van der Waals surface area contributed by atoms with E-state index in [0.717, 1.165) is 48.4 Å². The van der Waals surface area contributed by atoms with Crippen LogP contribution >= 0.6 is 0 Å².